The molecule has 0 aromatic carbocycles. The fraction of sp³-hybridized carbons (Fsp3) is 0.375. The van der Waals surface area contributed by atoms with Gasteiger partial charge in [-0.1, -0.05) is 0 Å². The van der Waals surface area contributed by atoms with Crippen molar-refractivity contribution in [3.63, 3.8) is 0 Å². The molecule has 1 aromatic rings. The van der Waals surface area contributed by atoms with Gasteiger partial charge in [0.2, 0.25) is 0 Å². The van der Waals surface area contributed by atoms with Gasteiger partial charge in [-0.25, -0.2) is 9.97 Å². The molecule has 0 saturated carbocycles. The van der Waals surface area contributed by atoms with E-state index in [1.807, 2.05) is 6.07 Å². The van der Waals surface area contributed by atoms with Crippen molar-refractivity contribution >= 4 is 23.4 Å². The van der Waals surface area contributed by atoms with Gasteiger partial charge in [-0.2, -0.15) is 5.26 Å². The van der Waals surface area contributed by atoms with Gasteiger partial charge in [-0.05, 0) is 6.92 Å². The molecule has 0 spiro atoms. The lowest BCUT2D eigenvalue weighted by molar-refractivity contribution is 0.955. The fourth-order valence-electron chi connectivity index (χ4n) is 0.771. The summed E-state index contributed by atoms with van der Waals surface area (Å²) in [6.45, 7) is 1.80. The van der Waals surface area contributed by atoms with Crippen molar-refractivity contribution in [1.82, 2.24) is 9.97 Å². The van der Waals surface area contributed by atoms with E-state index >= 15 is 0 Å². The first-order valence-corrected chi connectivity index (χ1v) is 5.22. The molecule has 0 unspecified atom stereocenters. The zero-order valence-electron chi connectivity index (χ0n) is 7.12. The highest BCUT2D eigenvalue weighted by Gasteiger charge is 2.04. The molecule has 1 rings (SSSR count). The van der Waals surface area contributed by atoms with Gasteiger partial charge >= 0.3 is 0 Å². The standard InChI is InChI=1S/C8H8ClN3S/c1-6-11-5-7(4-10)8(12-6)13-3-2-9/h5H,2-3H2,1H3. The van der Waals surface area contributed by atoms with Crippen molar-refractivity contribution in [3.8, 4) is 6.07 Å². The molecule has 0 amide bonds. The first kappa shape index (κ1) is 10.3. The van der Waals surface area contributed by atoms with E-state index in [0.717, 1.165) is 10.8 Å². The van der Waals surface area contributed by atoms with Gasteiger partial charge in [0, 0.05) is 17.8 Å². The molecule has 0 atom stereocenters. The summed E-state index contributed by atoms with van der Waals surface area (Å²) >= 11 is 7.02. The van der Waals surface area contributed by atoms with Crippen LogP contribution in [0.15, 0.2) is 11.2 Å². The zero-order chi connectivity index (χ0) is 9.68. The Labute approximate surface area is 86.1 Å². The Balaban J connectivity index is 2.89. The van der Waals surface area contributed by atoms with Crippen molar-refractivity contribution < 1.29 is 0 Å². The van der Waals surface area contributed by atoms with E-state index in [-0.39, 0.29) is 0 Å². The van der Waals surface area contributed by atoms with Gasteiger partial charge in [0.25, 0.3) is 0 Å². The second-order valence-corrected chi connectivity index (χ2v) is 3.75. The average molecular weight is 214 g/mol. The van der Waals surface area contributed by atoms with Crippen LogP contribution in [0.2, 0.25) is 0 Å². The SMILES string of the molecule is Cc1ncc(C#N)c(SCCCl)n1. The van der Waals surface area contributed by atoms with E-state index < -0.39 is 0 Å². The van der Waals surface area contributed by atoms with E-state index in [4.69, 9.17) is 16.9 Å². The number of alkyl halides is 1. The number of halogens is 1. The van der Waals surface area contributed by atoms with Crippen molar-refractivity contribution in [2.75, 3.05) is 11.6 Å². The molecule has 0 fully saturated rings. The predicted molar refractivity (Wildman–Crippen MR) is 52.9 cm³/mol. The van der Waals surface area contributed by atoms with Crippen LogP contribution in [0, 0.1) is 18.3 Å². The third-order valence-corrected chi connectivity index (χ3v) is 2.72. The van der Waals surface area contributed by atoms with Crippen LogP contribution in [-0.2, 0) is 0 Å². The first-order valence-electron chi connectivity index (χ1n) is 3.70. The molecule has 0 radical (unpaired) electrons. The predicted octanol–water partition coefficient (Wildman–Crippen LogP) is 1.99. The lowest BCUT2D eigenvalue weighted by atomic mass is 10.4. The summed E-state index contributed by atoms with van der Waals surface area (Å²) in [6.07, 6.45) is 1.54. The number of nitrogens with zero attached hydrogens (tertiary/aromatic N) is 3. The summed E-state index contributed by atoms with van der Waals surface area (Å²) in [5, 5.41) is 9.45. The van der Waals surface area contributed by atoms with Gasteiger partial charge < -0.3 is 0 Å². The third kappa shape index (κ3) is 2.87. The smallest absolute Gasteiger partial charge is 0.126 e. The van der Waals surface area contributed by atoms with Crippen molar-refractivity contribution in [3.05, 3.63) is 17.6 Å². The molecule has 0 aliphatic carbocycles. The summed E-state index contributed by atoms with van der Waals surface area (Å²) in [5.74, 6) is 1.99. The number of hydrogen-bond donors (Lipinski definition) is 0. The molecule has 1 heterocycles. The zero-order valence-corrected chi connectivity index (χ0v) is 8.69. The van der Waals surface area contributed by atoms with E-state index in [0.29, 0.717) is 17.3 Å². The lowest BCUT2D eigenvalue weighted by Gasteiger charge is -2.00. The highest BCUT2D eigenvalue weighted by molar-refractivity contribution is 7.99. The third-order valence-electron chi connectivity index (χ3n) is 1.31. The Morgan fingerprint density at radius 2 is 2.46 bits per heavy atom. The van der Waals surface area contributed by atoms with E-state index in [1.165, 1.54) is 11.8 Å². The van der Waals surface area contributed by atoms with Crippen LogP contribution in [0.3, 0.4) is 0 Å². The quantitative estimate of drug-likeness (QED) is 0.438. The number of nitriles is 1. The largest absolute Gasteiger partial charge is 0.240 e. The number of thioether (sulfide) groups is 1. The van der Waals surface area contributed by atoms with Crippen LogP contribution >= 0.6 is 23.4 Å². The Morgan fingerprint density at radius 1 is 1.69 bits per heavy atom. The molecule has 0 aliphatic rings. The minimum Gasteiger partial charge on any atom is -0.240 e. The van der Waals surface area contributed by atoms with E-state index in [9.17, 15) is 0 Å². The van der Waals surface area contributed by atoms with Crippen LogP contribution in [0.25, 0.3) is 0 Å². The van der Waals surface area contributed by atoms with Crippen LogP contribution in [-0.4, -0.2) is 21.6 Å². The van der Waals surface area contributed by atoms with Crippen molar-refractivity contribution in [1.29, 1.82) is 5.26 Å². The number of hydrogen-bond acceptors (Lipinski definition) is 4. The summed E-state index contributed by atoms with van der Waals surface area (Å²) in [6, 6.07) is 2.04. The summed E-state index contributed by atoms with van der Waals surface area (Å²) in [7, 11) is 0. The Morgan fingerprint density at radius 3 is 3.08 bits per heavy atom. The average Bonchev–Trinajstić information content (AvgIpc) is 2.15. The van der Waals surface area contributed by atoms with Crippen molar-refractivity contribution in [2.45, 2.75) is 11.9 Å². The molecule has 0 bridgehead atoms. The molecule has 3 nitrogen and oxygen atoms in total. The first-order chi connectivity index (χ1) is 6.27. The van der Waals surface area contributed by atoms with Gasteiger partial charge in [0.05, 0.1) is 0 Å². The summed E-state index contributed by atoms with van der Waals surface area (Å²) in [4.78, 5) is 8.09. The van der Waals surface area contributed by atoms with Crippen LogP contribution in [0.4, 0.5) is 0 Å². The van der Waals surface area contributed by atoms with Gasteiger partial charge in [-0.15, -0.1) is 23.4 Å². The molecule has 5 heteroatoms. The Bertz CT molecular complexity index is 335. The summed E-state index contributed by atoms with van der Waals surface area (Å²) in [5.41, 5.74) is 0.515. The van der Waals surface area contributed by atoms with Gasteiger partial charge in [0.1, 0.15) is 22.5 Å². The molecule has 0 aliphatic heterocycles. The Hall–Kier alpha value is -0.790. The molecule has 0 N–H and O–H groups in total. The molecular formula is C8H8ClN3S. The minimum absolute atomic E-state index is 0.515. The highest BCUT2D eigenvalue weighted by atomic mass is 35.5. The second kappa shape index (κ2) is 5.05. The molecule has 0 saturated heterocycles. The van der Waals surface area contributed by atoms with Gasteiger partial charge in [0.15, 0.2) is 0 Å². The number of aryl methyl sites for hydroxylation is 1. The number of aromatic nitrogens is 2. The van der Waals surface area contributed by atoms with Crippen LogP contribution in [0.1, 0.15) is 11.4 Å². The second-order valence-electron chi connectivity index (χ2n) is 2.29. The maximum Gasteiger partial charge on any atom is 0.126 e. The molecule has 13 heavy (non-hydrogen) atoms. The molecular weight excluding hydrogens is 206 g/mol. The molecule has 1 aromatic heterocycles. The fourth-order valence-corrected chi connectivity index (χ4v) is 1.72. The molecule has 68 valence electrons. The van der Waals surface area contributed by atoms with Gasteiger partial charge in [-0.3, -0.25) is 0 Å². The minimum atomic E-state index is 0.515. The number of rotatable bonds is 3. The monoisotopic (exact) mass is 213 g/mol. The van der Waals surface area contributed by atoms with Crippen LogP contribution < -0.4 is 0 Å². The normalized spacial score (nSPS) is 9.62. The maximum absolute atomic E-state index is 8.73. The van der Waals surface area contributed by atoms with E-state index in [1.54, 1.807) is 13.1 Å². The Kier molecular flexibility index (Phi) is 4.00. The van der Waals surface area contributed by atoms with E-state index in [2.05, 4.69) is 9.97 Å². The summed E-state index contributed by atoms with van der Waals surface area (Å²) < 4.78 is 0. The lowest BCUT2D eigenvalue weighted by Crippen LogP contribution is -1.94. The highest BCUT2D eigenvalue weighted by Crippen LogP contribution is 2.19. The van der Waals surface area contributed by atoms with Crippen molar-refractivity contribution in [2.24, 2.45) is 0 Å². The maximum atomic E-state index is 8.73. The topological polar surface area (TPSA) is 49.6 Å². The van der Waals surface area contributed by atoms with Crippen LogP contribution in [0.5, 0.6) is 0 Å².